The number of esters is 1. The molecule has 0 radical (unpaired) electrons. The molecule has 0 aliphatic rings. The average molecular weight is 332 g/mol. The molecule has 126 valence electrons. The van der Waals surface area contributed by atoms with Gasteiger partial charge in [-0.15, -0.1) is 0 Å². The Labute approximate surface area is 131 Å². The van der Waals surface area contributed by atoms with Crippen molar-refractivity contribution in [3.05, 3.63) is 31.4 Å². The van der Waals surface area contributed by atoms with Gasteiger partial charge in [0.15, 0.2) is 0 Å². The first kappa shape index (κ1) is 20.3. The molecule has 0 saturated heterocycles. The third-order valence-corrected chi connectivity index (χ3v) is 3.50. The number of hydrogen-bond donors (Lipinski definition) is 1. The minimum absolute atomic E-state index is 0.0371. The first-order valence-electron chi connectivity index (χ1n) is 7.02. The normalized spacial score (nSPS) is 12.0. The van der Waals surface area contributed by atoms with Gasteiger partial charge in [0.05, 0.1) is 18.7 Å². The van der Waals surface area contributed by atoms with Gasteiger partial charge >= 0.3 is 5.97 Å². The van der Waals surface area contributed by atoms with E-state index in [-0.39, 0.29) is 13.0 Å². The molecule has 8 heteroatoms. The van der Waals surface area contributed by atoms with E-state index in [1.165, 1.54) is 12.8 Å². The van der Waals surface area contributed by atoms with Crippen LogP contribution < -0.4 is 0 Å². The molecule has 0 bridgehead atoms. The number of hydrogen-bond acceptors (Lipinski definition) is 5. The molecule has 0 saturated carbocycles. The van der Waals surface area contributed by atoms with Crippen molar-refractivity contribution >= 4 is 16.1 Å². The Morgan fingerprint density at radius 1 is 1.55 bits per heavy atom. The quantitative estimate of drug-likeness (QED) is 0.339. The fraction of sp³-hybridized carbons (Fsp3) is 0.571. The predicted molar refractivity (Wildman–Crippen MR) is 84.0 cm³/mol. The summed E-state index contributed by atoms with van der Waals surface area (Å²) in [7, 11) is -3.95. The molecule has 1 N–H and O–H groups in total. The molecule has 0 aliphatic heterocycles. The predicted octanol–water partition coefficient (Wildman–Crippen LogP) is 2.24. The molecule has 7 nitrogen and oxygen atoms in total. The van der Waals surface area contributed by atoms with Crippen LogP contribution in [0.1, 0.15) is 39.2 Å². The van der Waals surface area contributed by atoms with Crippen molar-refractivity contribution in [1.82, 2.24) is 9.55 Å². The molecule has 1 heterocycles. The summed E-state index contributed by atoms with van der Waals surface area (Å²) in [5, 5.41) is 0. The molecule has 0 fully saturated rings. The van der Waals surface area contributed by atoms with Gasteiger partial charge in [0.1, 0.15) is 0 Å². The summed E-state index contributed by atoms with van der Waals surface area (Å²) in [6.45, 7) is 7.52. The molecule has 0 aromatic carbocycles. The highest BCUT2D eigenvalue weighted by Gasteiger charge is 2.04. The molecule has 1 atom stereocenters. The Bertz CT molecular complexity index is 525. The van der Waals surface area contributed by atoms with Crippen LogP contribution in [0.5, 0.6) is 0 Å². The van der Waals surface area contributed by atoms with E-state index in [0.29, 0.717) is 6.04 Å². The number of aromatic nitrogens is 2. The van der Waals surface area contributed by atoms with E-state index in [0.717, 1.165) is 6.08 Å². The second-order valence-electron chi connectivity index (χ2n) is 4.66. The van der Waals surface area contributed by atoms with Crippen LogP contribution in [0.15, 0.2) is 31.4 Å². The highest BCUT2D eigenvalue weighted by molar-refractivity contribution is 7.85. The topological polar surface area (TPSA) is 98.5 Å². The van der Waals surface area contributed by atoms with Crippen LogP contribution in [0, 0.1) is 0 Å². The van der Waals surface area contributed by atoms with E-state index < -0.39 is 21.8 Å². The molecule has 0 aliphatic carbocycles. The number of carbonyl (C=O) groups is 1. The molecule has 22 heavy (non-hydrogen) atoms. The van der Waals surface area contributed by atoms with Crippen LogP contribution in [0.2, 0.25) is 0 Å². The SMILES string of the molecule is C=CC(=O)OCCCS(=O)(=O)O.CCCC(C)n1ccnc1. The zero-order valence-electron chi connectivity index (χ0n) is 13.0. The highest BCUT2D eigenvalue weighted by atomic mass is 32.2. The fourth-order valence-electron chi connectivity index (χ4n) is 1.57. The van der Waals surface area contributed by atoms with Gasteiger partial charge in [-0.2, -0.15) is 8.42 Å². The lowest BCUT2D eigenvalue weighted by Gasteiger charge is -2.10. The second-order valence-corrected chi connectivity index (χ2v) is 6.23. The molecule has 1 aromatic rings. The Morgan fingerprint density at radius 3 is 2.68 bits per heavy atom. The Hall–Kier alpha value is -1.67. The largest absolute Gasteiger partial charge is 0.463 e. The van der Waals surface area contributed by atoms with Crippen LogP contribution in [-0.2, 0) is 19.6 Å². The van der Waals surface area contributed by atoms with E-state index in [2.05, 4.69) is 34.7 Å². The standard InChI is InChI=1S/C8H14N2.C6H10O5S/c1-3-4-8(2)10-6-5-9-7-10;1-2-6(7)11-4-3-5-12(8,9)10/h5-8H,3-4H2,1-2H3;2H,1,3-5H2,(H,8,9,10). The highest BCUT2D eigenvalue weighted by Crippen LogP contribution is 2.10. The summed E-state index contributed by atoms with van der Waals surface area (Å²) in [4.78, 5) is 14.4. The molecule has 1 rings (SSSR count). The minimum Gasteiger partial charge on any atom is -0.463 e. The fourth-order valence-corrected chi connectivity index (χ4v) is 2.05. The van der Waals surface area contributed by atoms with E-state index >= 15 is 0 Å². The van der Waals surface area contributed by atoms with E-state index in [4.69, 9.17) is 4.55 Å². The molecule has 0 spiro atoms. The van der Waals surface area contributed by atoms with Crippen LogP contribution in [-0.4, -0.2) is 40.9 Å². The Morgan fingerprint density at radius 2 is 2.23 bits per heavy atom. The van der Waals surface area contributed by atoms with Crippen molar-refractivity contribution in [3.63, 3.8) is 0 Å². The maximum Gasteiger partial charge on any atom is 0.330 e. The Balaban J connectivity index is 0.000000406. The van der Waals surface area contributed by atoms with Gasteiger partial charge in [0.2, 0.25) is 0 Å². The number of ether oxygens (including phenoxy) is 1. The maximum atomic E-state index is 10.4. The summed E-state index contributed by atoms with van der Waals surface area (Å²) >= 11 is 0. The lowest BCUT2D eigenvalue weighted by Crippen LogP contribution is -2.09. The summed E-state index contributed by atoms with van der Waals surface area (Å²) < 4.78 is 35.1. The number of carbonyl (C=O) groups excluding carboxylic acids is 1. The first-order chi connectivity index (χ1) is 10.3. The summed E-state index contributed by atoms with van der Waals surface area (Å²) in [5.74, 6) is -1.01. The summed E-state index contributed by atoms with van der Waals surface area (Å²) in [5.41, 5.74) is 0. The second kappa shape index (κ2) is 11.0. The Kier molecular flexibility index (Phi) is 10.1. The zero-order chi connectivity index (χ0) is 17.0. The van der Waals surface area contributed by atoms with Gasteiger partial charge in [-0.1, -0.05) is 19.9 Å². The lowest BCUT2D eigenvalue weighted by molar-refractivity contribution is -0.137. The third-order valence-electron chi connectivity index (χ3n) is 2.70. The van der Waals surface area contributed by atoms with E-state index in [1.54, 1.807) is 0 Å². The van der Waals surface area contributed by atoms with Crippen LogP contribution in [0.4, 0.5) is 0 Å². The number of rotatable bonds is 8. The minimum atomic E-state index is -3.95. The number of imidazole rings is 1. The van der Waals surface area contributed by atoms with Gasteiger partial charge < -0.3 is 9.30 Å². The van der Waals surface area contributed by atoms with Gasteiger partial charge in [-0.3, -0.25) is 4.55 Å². The monoisotopic (exact) mass is 332 g/mol. The van der Waals surface area contributed by atoms with Gasteiger partial charge in [-0.05, 0) is 19.8 Å². The van der Waals surface area contributed by atoms with Gasteiger partial charge in [0, 0.05) is 24.5 Å². The average Bonchev–Trinajstić information content (AvgIpc) is 2.97. The van der Waals surface area contributed by atoms with Crippen molar-refractivity contribution < 1.29 is 22.5 Å². The summed E-state index contributed by atoms with van der Waals surface area (Å²) in [6.07, 6.45) is 9.24. The number of nitrogens with zero attached hydrogens (tertiary/aromatic N) is 2. The van der Waals surface area contributed by atoms with Crippen LogP contribution >= 0.6 is 0 Å². The van der Waals surface area contributed by atoms with Crippen molar-refractivity contribution in [2.45, 2.75) is 39.2 Å². The van der Waals surface area contributed by atoms with Crippen molar-refractivity contribution in [2.75, 3.05) is 12.4 Å². The molecule has 1 unspecified atom stereocenters. The summed E-state index contributed by atoms with van der Waals surface area (Å²) in [6, 6.07) is 0.604. The molecular weight excluding hydrogens is 308 g/mol. The first-order valence-corrected chi connectivity index (χ1v) is 8.62. The molecule has 0 amide bonds. The van der Waals surface area contributed by atoms with Crippen LogP contribution in [0.25, 0.3) is 0 Å². The molecular formula is C14H24N2O5S. The van der Waals surface area contributed by atoms with E-state index in [1.807, 2.05) is 18.7 Å². The van der Waals surface area contributed by atoms with Crippen molar-refractivity contribution in [2.24, 2.45) is 0 Å². The van der Waals surface area contributed by atoms with Crippen molar-refractivity contribution in [3.8, 4) is 0 Å². The molecule has 1 aromatic heterocycles. The van der Waals surface area contributed by atoms with E-state index in [9.17, 15) is 13.2 Å². The smallest absolute Gasteiger partial charge is 0.330 e. The van der Waals surface area contributed by atoms with Crippen LogP contribution in [0.3, 0.4) is 0 Å². The zero-order valence-corrected chi connectivity index (χ0v) is 13.8. The lowest BCUT2D eigenvalue weighted by atomic mass is 10.2. The van der Waals surface area contributed by atoms with Gasteiger partial charge in [-0.25, -0.2) is 9.78 Å². The van der Waals surface area contributed by atoms with Gasteiger partial charge in [0.25, 0.3) is 10.1 Å². The third kappa shape index (κ3) is 11.0. The maximum absolute atomic E-state index is 10.4. The van der Waals surface area contributed by atoms with Crippen molar-refractivity contribution in [1.29, 1.82) is 0 Å².